The van der Waals surface area contributed by atoms with Crippen molar-refractivity contribution in [3.8, 4) is 0 Å². The average Bonchev–Trinajstić information content (AvgIpc) is 2.01. The minimum atomic E-state index is 0.397. The van der Waals surface area contributed by atoms with E-state index >= 15 is 0 Å². The lowest BCUT2D eigenvalue weighted by Gasteiger charge is -2.05. The van der Waals surface area contributed by atoms with Crippen molar-refractivity contribution in [3.05, 3.63) is 23.9 Å². The number of hydrogen-bond acceptors (Lipinski definition) is 2. The highest BCUT2D eigenvalue weighted by molar-refractivity contribution is 5.79. The Morgan fingerprint density at radius 2 is 2.38 bits per heavy atom. The van der Waals surface area contributed by atoms with Crippen molar-refractivity contribution in [1.82, 2.24) is 5.32 Å². The maximum Gasteiger partial charge on any atom is 0.0443 e. The van der Waals surface area contributed by atoms with Crippen molar-refractivity contribution in [3.63, 3.8) is 0 Å². The molecule has 1 N–H and O–H groups in total. The van der Waals surface area contributed by atoms with Gasteiger partial charge in [0.15, 0.2) is 0 Å². The Bertz CT molecular complexity index is 224. The Hall–Kier alpha value is -1.05. The minimum Gasteiger partial charge on any atom is -0.391 e. The normalized spacial score (nSPS) is 18.2. The van der Waals surface area contributed by atoms with Gasteiger partial charge in [-0.05, 0) is 44.5 Å². The van der Waals surface area contributed by atoms with Crippen molar-refractivity contribution in [2.24, 2.45) is 4.99 Å². The summed E-state index contributed by atoms with van der Waals surface area (Å²) in [7, 11) is 0. The van der Waals surface area contributed by atoms with Gasteiger partial charge in [0.1, 0.15) is 0 Å². The minimum absolute atomic E-state index is 0.397. The highest BCUT2D eigenvalue weighted by atomic mass is 14.8. The van der Waals surface area contributed by atoms with Crippen LogP contribution in [0.2, 0.25) is 0 Å². The third kappa shape index (κ3) is 4.51. The van der Waals surface area contributed by atoms with E-state index in [9.17, 15) is 0 Å². The first kappa shape index (κ1) is 10.0. The van der Waals surface area contributed by atoms with E-state index in [-0.39, 0.29) is 0 Å². The zero-order chi connectivity index (χ0) is 9.52. The molecule has 0 amide bonds. The molecule has 0 aromatic rings. The summed E-state index contributed by atoms with van der Waals surface area (Å²) >= 11 is 0. The van der Waals surface area contributed by atoms with Crippen molar-refractivity contribution in [2.45, 2.75) is 32.7 Å². The second-order valence-electron chi connectivity index (χ2n) is 3.53. The summed E-state index contributed by atoms with van der Waals surface area (Å²) in [5, 5.41) is 3.20. The molecular weight excluding hydrogens is 160 g/mol. The molecule has 1 aliphatic heterocycles. The number of hydrogen-bond donors (Lipinski definition) is 1. The van der Waals surface area contributed by atoms with E-state index in [4.69, 9.17) is 0 Å². The van der Waals surface area contributed by atoms with E-state index in [1.807, 2.05) is 18.5 Å². The van der Waals surface area contributed by atoms with Gasteiger partial charge in [-0.1, -0.05) is 6.08 Å². The number of aliphatic imine (C=N–C) groups is 1. The van der Waals surface area contributed by atoms with Crippen LogP contribution in [0.5, 0.6) is 0 Å². The largest absolute Gasteiger partial charge is 0.391 e. The molecule has 0 atom stereocenters. The van der Waals surface area contributed by atoms with Gasteiger partial charge in [-0.3, -0.25) is 4.99 Å². The maximum atomic E-state index is 4.37. The van der Waals surface area contributed by atoms with Gasteiger partial charge in [-0.2, -0.15) is 0 Å². The summed E-state index contributed by atoms with van der Waals surface area (Å²) in [6.07, 6.45) is 10.5. The number of nitrogens with one attached hydrogen (secondary N) is 1. The Morgan fingerprint density at radius 1 is 1.54 bits per heavy atom. The van der Waals surface area contributed by atoms with Gasteiger partial charge < -0.3 is 5.32 Å². The van der Waals surface area contributed by atoms with Crippen LogP contribution in [-0.2, 0) is 0 Å². The van der Waals surface area contributed by atoms with Crippen molar-refractivity contribution in [2.75, 3.05) is 6.54 Å². The molecular formula is C11H18N2. The van der Waals surface area contributed by atoms with Gasteiger partial charge in [0, 0.05) is 18.8 Å². The van der Waals surface area contributed by atoms with E-state index in [1.165, 1.54) is 12.0 Å². The lowest BCUT2D eigenvalue weighted by Crippen LogP contribution is -2.08. The van der Waals surface area contributed by atoms with Crippen LogP contribution in [-0.4, -0.2) is 18.8 Å². The summed E-state index contributed by atoms with van der Waals surface area (Å²) in [5.74, 6) is 0. The fourth-order valence-corrected chi connectivity index (χ4v) is 1.15. The predicted octanol–water partition coefficient (Wildman–Crippen LogP) is 2.29. The van der Waals surface area contributed by atoms with Gasteiger partial charge in [0.2, 0.25) is 0 Å². The zero-order valence-corrected chi connectivity index (χ0v) is 8.46. The monoisotopic (exact) mass is 178 g/mol. The van der Waals surface area contributed by atoms with Crippen LogP contribution in [0.15, 0.2) is 28.9 Å². The molecule has 0 spiro atoms. The van der Waals surface area contributed by atoms with E-state index in [2.05, 4.69) is 30.2 Å². The quantitative estimate of drug-likeness (QED) is 0.645. The number of allylic oxidation sites excluding steroid dienone is 3. The first-order chi connectivity index (χ1) is 6.29. The van der Waals surface area contributed by atoms with Gasteiger partial charge in [-0.15, -0.1) is 0 Å². The van der Waals surface area contributed by atoms with Gasteiger partial charge >= 0.3 is 0 Å². The Labute approximate surface area is 80.4 Å². The molecule has 0 fully saturated rings. The lowest BCUT2D eigenvalue weighted by molar-refractivity contribution is 0.751. The summed E-state index contributed by atoms with van der Waals surface area (Å²) in [5.41, 5.74) is 1.33. The van der Waals surface area contributed by atoms with E-state index in [0.29, 0.717) is 6.04 Å². The second kappa shape index (κ2) is 5.57. The molecule has 0 aromatic heterocycles. The molecule has 72 valence electrons. The molecule has 13 heavy (non-hydrogen) atoms. The highest BCUT2D eigenvalue weighted by Crippen LogP contribution is 2.04. The van der Waals surface area contributed by atoms with Gasteiger partial charge in [-0.25, -0.2) is 0 Å². The van der Waals surface area contributed by atoms with Crippen LogP contribution in [0.4, 0.5) is 0 Å². The first-order valence-corrected chi connectivity index (χ1v) is 4.91. The predicted molar refractivity (Wildman–Crippen MR) is 58.1 cm³/mol. The molecule has 1 aliphatic rings. The van der Waals surface area contributed by atoms with Crippen LogP contribution >= 0.6 is 0 Å². The molecule has 0 bridgehead atoms. The third-order valence-electron chi connectivity index (χ3n) is 1.85. The standard InChI is InChI=1S/C11H18N2/c1-10(2)13-9-11-5-3-7-12-8-4-6-11/h3,5,7,9-10,12H,4,6,8H2,1-2H3. The molecule has 2 nitrogen and oxygen atoms in total. The van der Waals surface area contributed by atoms with Crippen LogP contribution in [0.1, 0.15) is 26.7 Å². The van der Waals surface area contributed by atoms with E-state index in [0.717, 1.165) is 13.0 Å². The SMILES string of the molecule is CC(C)N=CC1=CC=CNCCC1. The summed E-state index contributed by atoms with van der Waals surface area (Å²) < 4.78 is 0. The molecule has 0 saturated heterocycles. The molecule has 0 radical (unpaired) electrons. The Balaban J connectivity index is 2.54. The molecule has 0 aliphatic carbocycles. The van der Waals surface area contributed by atoms with Crippen molar-refractivity contribution in [1.29, 1.82) is 0 Å². The second-order valence-corrected chi connectivity index (χ2v) is 3.53. The molecule has 1 heterocycles. The zero-order valence-electron chi connectivity index (χ0n) is 8.46. The highest BCUT2D eigenvalue weighted by Gasteiger charge is 1.95. The lowest BCUT2D eigenvalue weighted by atomic mass is 10.1. The molecule has 0 aromatic carbocycles. The first-order valence-electron chi connectivity index (χ1n) is 4.91. The average molecular weight is 178 g/mol. The molecule has 0 saturated carbocycles. The van der Waals surface area contributed by atoms with Crippen LogP contribution in [0.25, 0.3) is 0 Å². The summed E-state index contributed by atoms with van der Waals surface area (Å²) in [6.45, 7) is 5.25. The Kier molecular flexibility index (Phi) is 4.30. The van der Waals surface area contributed by atoms with E-state index < -0.39 is 0 Å². The molecule has 1 rings (SSSR count). The number of nitrogens with zero attached hydrogens (tertiary/aromatic N) is 1. The van der Waals surface area contributed by atoms with Crippen LogP contribution in [0, 0.1) is 0 Å². The molecule has 0 unspecified atom stereocenters. The summed E-state index contributed by atoms with van der Waals surface area (Å²) in [6, 6.07) is 0.397. The fourth-order valence-electron chi connectivity index (χ4n) is 1.15. The smallest absolute Gasteiger partial charge is 0.0443 e. The third-order valence-corrected chi connectivity index (χ3v) is 1.85. The van der Waals surface area contributed by atoms with Gasteiger partial charge in [0.25, 0.3) is 0 Å². The Morgan fingerprint density at radius 3 is 3.15 bits per heavy atom. The van der Waals surface area contributed by atoms with Crippen LogP contribution < -0.4 is 5.32 Å². The topological polar surface area (TPSA) is 24.4 Å². The maximum absolute atomic E-state index is 4.37. The summed E-state index contributed by atoms with van der Waals surface area (Å²) in [4.78, 5) is 4.37. The van der Waals surface area contributed by atoms with Gasteiger partial charge in [0.05, 0.1) is 0 Å². The number of rotatable bonds is 2. The van der Waals surface area contributed by atoms with Crippen molar-refractivity contribution < 1.29 is 0 Å². The van der Waals surface area contributed by atoms with E-state index in [1.54, 1.807) is 0 Å². The molecule has 2 heteroatoms. The van der Waals surface area contributed by atoms with Crippen LogP contribution in [0.3, 0.4) is 0 Å². The van der Waals surface area contributed by atoms with Crippen molar-refractivity contribution >= 4 is 6.21 Å². The fraction of sp³-hybridized carbons (Fsp3) is 0.545.